The third kappa shape index (κ3) is 21.2. The summed E-state index contributed by atoms with van der Waals surface area (Å²) >= 11 is 4.24. The Morgan fingerprint density at radius 1 is 0.472 bits per heavy atom. The number of rotatable bonds is 2. The van der Waals surface area contributed by atoms with Crippen LogP contribution < -0.4 is 4.74 Å². The van der Waals surface area contributed by atoms with E-state index in [2.05, 4.69) is 82.3 Å². The van der Waals surface area contributed by atoms with Gasteiger partial charge in [-0.2, -0.15) is 0 Å². The van der Waals surface area contributed by atoms with Crippen LogP contribution in [0.1, 0.15) is 51.8 Å². The van der Waals surface area contributed by atoms with Crippen LogP contribution in [0.4, 0.5) is 0 Å². The van der Waals surface area contributed by atoms with E-state index in [0.29, 0.717) is 5.75 Å². The topological polar surface area (TPSA) is 29.5 Å². The summed E-state index contributed by atoms with van der Waals surface area (Å²) in [6.07, 6.45) is 0. The zero-order valence-corrected chi connectivity index (χ0v) is 26.3. The molecule has 0 heterocycles. The Bertz CT molecular complexity index is 920. The minimum atomic E-state index is 0. The molecule has 0 saturated heterocycles. The van der Waals surface area contributed by atoms with Crippen LogP contribution in [0.15, 0.2) is 109 Å². The van der Waals surface area contributed by atoms with Gasteiger partial charge < -0.3 is 9.84 Å². The van der Waals surface area contributed by atoms with Crippen LogP contribution >= 0.6 is 37.2 Å². The number of aromatic hydroxyl groups is 1. The standard InChI is InChI=1S/C13H12O.C8H10.C6H6O.2C2H6.CH4.I2/c1-11-7-9-13(10-8-11)14-12-5-3-2-4-6-12;1-7-3-5-8(2)6-4-7;7-6-4-2-1-3-5-6;2*1-2;;1-2/h2-10H,1H3;3-6H,1-2H3;1-5,7H;2*1-2H3;1H4;. The second kappa shape index (κ2) is 27.5. The lowest BCUT2D eigenvalue weighted by Gasteiger charge is -2.04. The van der Waals surface area contributed by atoms with E-state index in [4.69, 9.17) is 9.84 Å². The molecule has 0 fully saturated rings. The molecule has 1 N–H and O–H groups in total. The molecule has 4 rings (SSSR count). The van der Waals surface area contributed by atoms with Gasteiger partial charge in [-0.3, -0.25) is 0 Å². The van der Waals surface area contributed by atoms with Crippen LogP contribution in [0.2, 0.25) is 0 Å². The van der Waals surface area contributed by atoms with E-state index in [1.807, 2.05) is 88.4 Å². The molecular formula is C32H44I2O2. The normalized spacial score (nSPS) is 8.03. The first-order valence-corrected chi connectivity index (χ1v) is 18.0. The predicted molar refractivity (Wildman–Crippen MR) is 179 cm³/mol. The predicted octanol–water partition coefficient (Wildman–Crippen LogP) is 11.9. The van der Waals surface area contributed by atoms with Gasteiger partial charge in [0.15, 0.2) is 0 Å². The number of hydrogen-bond acceptors (Lipinski definition) is 2. The molecule has 0 spiro atoms. The van der Waals surface area contributed by atoms with Gasteiger partial charge in [0.25, 0.3) is 0 Å². The first-order chi connectivity index (χ1) is 17.0. The Labute approximate surface area is 244 Å². The van der Waals surface area contributed by atoms with Crippen molar-refractivity contribution < 1.29 is 9.84 Å². The highest BCUT2D eigenvalue weighted by Gasteiger charge is 1.94. The molecule has 0 aliphatic rings. The fraction of sp³-hybridized carbons (Fsp3) is 0.250. The fourth-order valence-electron chi connectivity index (χ4n) is 2.30. The monoisotopic (exact) mass is 714 g/mol. The lowest BCUT2D eigenvalue weighted by molar-refractivity contribution is 0.475. The molecule has 0 atom stereocenters. The number of hydrogen-bond donors (Lipinski definition) is 1. The highest BCUT2D eigenvalue weighted by atomic mass is 128. The van der Waals surface area contributed by atoms with Gasteiger partial charge in [-0.05, 0) is 57.2 Å². The van der Waals surface area contributed by atoms with E-state index in [9.17, 15) is 0 Å². The largest absolute Gasteiger partial charge is 0.508 e. The number of ether oxygens (including phenoxy) is 1. The molecule has 0 aliphatic heterocycles. The van der Waals surface area contributed by atoms with E-state index in [1.54, 1.807) is 24.3 Å². The van der Waals surface area contributed by atoms with Crippen LogP contribution in [0.5, 0.6) is 17.2 Å². The summed E-state index contributed by atoms with van der Waals surface area (Å²) in [5.41, 5.74) is 3.90. The zero-order chi connectivity index (χ0) is 26.9. The van der Waals surface area contributed by atoms with Gasteiger partial charge in [0.1, 0.15) is 17.2 Å². The lowest BCUT2D eigenvalue weighted by Crippen LogP contribution is -1.82. The van der Waals surface area contributed by atoms with E-state index in [-0.39, 0.29) is 7.43 Å². The van der Waals surface area contributed by atoms with Crippen LogP contribution in [0.25, 0.3) is 0 Å². The van der Waals surface area contributed by atoms with E-state index in [0.717, 1.165) is 11.5 Å². The maximum absolute atomic E-state index is 8.63. The summed E-state index contributed by atoms with van der Waals surface area (Å²) in [7, 11) is 0. The van der Waals surface area contributed by atoms with E-state index < -0.39 is 0 Å². The van der Waals surface area contributed by atoms with E-state index in [1.165, 1.54) is 16.7 Å². The Balaban J connectivity index is -0.000000428. The van der Waals surface area contributed by atoms with Gasteiger partial charge in [-0.1, -0.05) is 125 Å². The Morgan fingerprint density at radius 2 is 0.750 bits per heavy atom. The molecule has 0 bridgehead atoms. The van der Waals surface area contributed by atoms with Crippen molar-refractivity contribution in [3.05, 3.63) is 126 Å². The minimum absolute atomic E-state index is 0. The first-order valence-electron chi connectivity index (χ1n) is 11.7. The third-order valence-electron chi connectivity index (χ3n) is 3.97. The summed E-state index contributed by atoms with van der Waals surface area (Å²) in [4.78, 5) is 0. The Kier molecular flexibility index (Phi) is 29.4. The summed E-state index contributed by atoms with van der Waals surface area (Å²) in [5.74, 6) is 2.07. The van der Waals surface area contributed by atoms with Gasteiger partial charge in [0.2, 0.25) is 0 Å². The molecule has 0 saturated carbocycles. The smallest absolute Gasteiger partial charge is 0.127 e. The first kappa shape index (κ1) is 38.5. The van der Waals surface area contributed by atoms with Gasteiger partial charge in [-0.25, -0.2) is 0 Å². The van der Waals surface area contributed by atoms with Crippen LogP contribution in [-0.2, 0) is 0 Å². The molecule has 0 amide bonds. The molecule has 0 aliphatic carbocycles. The summed E-state index contributed by atoms with van der Waals surface area (Å²) < 4.78 is 5.63. The maximum Gasteiger partial charge on any atom is 0.127 e. The number of phenols is 1. The van der Waals surface area contributed by atoms with Crippen molar-refractivity contribution in [1.82, 2.24) is 0 Å². The minimum Gasteiger partial charge on any atom is -0.508 e. The van der Waals surface area contributed by atoms with Crippen molar-refractivity contribution in [2.24, 2.45) is 0 Å². The molecule has 198 valence electrons. The van der Waals surface area contributed by atoms with Crippen molar-refractivity contribution in [2.75, 3.05) is 0 Å². The Hall–Kier alpha value is -2.06. The molecular weight excluding hydrogens is 670 g/mol. The molecule has 4 heteroatoms. The highest BCUT2D eigenvalue weighted by molar-refractivity contribution is 15.0. The van der Waals surface area contributed by atoms with Crippen molar-refractivity contribution in [2.45, 2.75) is 55.9 Å². The van der Waals surface area contributed by atoms with Gasteiger partial charge >= 0.3 is 0 Å². The van der Waals surface area contributed by atoms with Crippen molar-refractivity contribution >= 4 is 37.2 Å². The molecule has 4 aromatic rings. The highest BCUT2D eigenvalue weighted by Crippen LogP contribution is 2.20. The zero-order valence-electron chi connectivity index (χ0n) is 22.0. The van der Waals surface area contributed by atoms with E-state index >= 15 is 0 Å². The number of aryl methyl sites for hydroxylation is 3. The molecule has 36 heavy (non-hydrogen) atoms. The summed E-state index contributed by atoms with van der Waals surface area (Å²) in [5, 5.41) is 8.63. The second-order valence-corrected chi connectivity index (χ2v) is 6.72. The van der Waals surface area contributed by atoms with Crippen LogP contribution in [-0.4, -0.2) is 5.11 Å². The van der Waals surface area contributed by atoms with Crippen LogP contribution in [0.3, 0.4) is 0 Å². The molecule has 0 aromatic heterocycles. The van der Waals surface area contributed by atoms with Crippen molar-refractivity contribution in [1.29, 1.82) is 0 Å². The molecule has 0 radical (unpaired) electrons. The quantitative estimate of drug-likeness (QED) is 0.210. The van der Waals surface area contributed by atoms with Crippen molar-refractivity contribution in [3.63, 3.8) is 0 Å². The van der Waals surface area contributed by atoms with Crippen LogP contribution in [0, 0.1) is 20.8 Å². The summed E-state index contributed by atoms with van der Waals surface area (Å²) in [6, 6.07) is 35.0. The third-order valence-corrected chi connectivity index (χ3v) is 3.97. The number of para-hydroxylation sites is 2. The average Bonchev–Trinajstić information content (AvgIpc) is 2.92. The molecule has 4 aromatic carbocycles. The van der Waals surface area contributed by atoms with Gasteiger partial charge in [0, 0.05) is 37.2 Å². The number of benzene rings is 4. The SMILES string of the molecule is C.CC.CC.Cc1ccc(C)cc1.Cc1ccc(Oc2ccccc2)cc1.II.Oc1ccccc1. The fourth-order valence-corrected chi connectivity index (χ4v) is 2.30. The number of halogens is 2. The molecule has 0 unspecified atom stereocenters. The van der Waals surface area contributed by atoms with Gasteiger partial charge in [0.05, 0.1) is 0 Å². The average molecular weight is 715 g/mol. The Morgan fingerprint density at radius 3 is 1.06 bits per heavy atom. The van der Waals surface area contributed by atoms with Gasteiger partial charge in [-0.15, -0.1) is 0 Å². The lowest BCUT2D eigenvalue weighted by atomic mass is 10.2. The number of phenolic OH excluding ortho intramolecular Hbond substituents is 1. The maximum atomic E-state index is 8.63. The molecule has 2 nitrogen and oxygen atoms in total. The summed E-state index contributed by atoms with van der Waals surface area (Å²) in [6.45, 7) is 14.3. The second-order valence-electron chi connectivity index (χ2n) is 6.72. The van der Waals surface area contributed by atoms with Crippen molar-refractivity contribution in [3.8, 4) is 17.2 Å².